The van der Waals surface area contributed by atoms with Crippen molar-refractivity contribution in [1.82, 2.24) is 0 Å². The SMILES string of the molecule is Cc1cc(-c2c(C)cc(-c3ccccc3)c3c2Cc2ccccc2-3)[n+](C)cc1C.Cc1cc(-c2c(C)ccc3c2Cc2c-3cccc2C2CCCC2)[n+](C)cc1C.Cc1cc(-c2c(C)ccc3c2Cc2ccc(-c4ccccc4)cc2-3)[n+](C)cc1C.Cc1cc(-c2c(C)ccc3c2Cc2cccc(-c4ccccc4)c2-3)[n+](C)cc1C. The van der Waals surface area contributed by atoms with Crippen LogP contribution in [0.3, 0.4) is 0 Å². The van der Waals surface area contributed by atoms with E-state index in [-0.39, 0.29) is 0 Å². The number of aryl methyl sites for hydroxylation is 16. The molecule has 4 heterocycles. The van der Waals surface area contributed by atoms with Gasteiger partial charge in [0.1, 0.15) is 28.2 Å². The number of hydrogen-bond acceptors (Lipinski definition) is 0. The van der Waals surface area contributed by atoms with Gasteiger partial charge in [-0.3, -0.25) is 0 Å². The molecule has 15 aromatic rings. The number of rotatable bonds is 8. The summed E-state index contributed by atoms with van der Waals surface area (Å²) in [5.74, 6) is 0.770. The highest BCUT2D eigenvalue weighted by atomic mass is 14.9. The summed E-state index contributed by atoms with van der Waals surface area (Å²) < 4.78 is 9.16. The number of fused-ring (bicyclic) bond motifs is 12. The fourth-order valence-electron chi connectivity index (χ4n) is 19.8. The summed E-state index contributed by atoms with van der Waals surface area (Å²) in [6.45, 7) is 26.6. The van der Waals surface area contributed by atoms with E-state index in [0.29, 0.717) is 0 Å². The molecule has 0 spiro atoms. The Kier molecular flexibility index (Phi) is 20.5. The summed E-state index contributed by atoms with van der Waals surface area (Å²) in [6, 6.07) is 87.6. The molecule has 0 aliphatic heterocycles. The molecule has 0 amide bonds. The molecule has 0 saturated heterocycles. The normalized spacial score (nSPS) is 12.9. The molecule has 0 N–H and O–H groups in total. The Morgan fingerprint density at radius 2 is 0.600 bits per heavy atom. The first-order chi connectivity index (χ1) is 55.7. The van der Waals surface area contributed by atoms with Crippen LogP contribution in [0.1, 0.15) is 148 Å². The first-order valence-corrected chi connectivity index (χ1v) is 41.7. The fourth-order valence-corrected chi connectivity index (χ4v) is 19.8. The van der Waals surface area contributed by atoms with Crippen molar-refractivity contribution in [3.05, 3.63) is 378 Å². The second-order valence-corrected chi connectivity index (χ2v) is 33.9. The maximum absolute atomic E-state index is 2.41. The Balaban J connectivity index is 0.000000111. The average Bonchev–Trinajstić information content (AvgIpc) is 1.64. The third-order valence-corrected chi connectivity index (χ3v) is 26.3. The second-order valence-electron chi connectivity index (χ2n) is 33.9. The topological polar surface area (TPSA) is 15.5 Å². The number of pyridine rings is 4. The average molecular weight is 1500 g/mol. The molecule has 11 aromatic carbocycles. The van der Waals surface area contributed by atoms with E-state index in [9.17, 15) is 0 Å². The Labute approximate surface area is 683 Å². The first-order valence-electron chi connectivity index (χ1n) is 41.7. The minimum absolute atomic E-state index is 0.770. The molecule has 4 nitrogen and oxygen atoms in total. The number of nitrogens with zero attached hydrogens (tertiary/aromatic N) is 4. The Morgan fingerprint density at radius 1 is 0.217 bits per heavy atom. The minimum atomic E-state index is 0.770. The van der Waals surface area contributed by atoms with Gasteiger partial charge in [0.05, 0.1) is 22.3 Å². The van der Waals surface area contributed by atoms with Gasteiger partial charge in [-0.05, 0) is 312 Å². The van der Waals surface area contributed by atoms with Gasteiger partial charge in [-0.15, -0.1) is 0 Å². The Bertz CT molecular complexity index is 6380. The monoisotopic (exact) mass is 1500 g/mol. The number of benzene rings is 11. The Hall–Kier alpha value is -12.0. The summed E-state index contributed by atoms with van der Waals surface area (Å²) >= 11 is 0. The van der Waals surface area contributed by atoms with Crippen LogP contribution in [0.15, 0.2) is 261 Å². The lowest BCUT2D eigenvalue weighted by Gasteiger charge is -2.17. The molecule has 0 atom stereocenters. The van der Waals surface area contributed by atoms with Crippen molar-refractivity contribution in [1.29, 1.82) is 0 Å². The molecule has 5 aliphatic rings. The van der Waals surface area contributed by atoms with E-state index >= 15 is 0 Å². The third-order valence-electron chi connectivity index (χ3n) is 26.3. The quantitative estimate of drug-likeness (QED) is 0.135. The summed E-state index contributed by atoms with van der Waals surface area (Å²) in [4.78, 5) is 0. The van der Waals surface area contributed by atoms with Crippen LogP contribution in [0, 0.1) is 83.1 Å². The highest BCUT2D eigenvalue weighted by molar-refractivity contribution is 5.97. The lowest BCUT2D eigenvalue weighted by atomic mass is 9.87. The molecule has 5 aliphatic carbocycles. The second kappa shape index (κ2) is 31.1. The van der Waals surface area contributed by atoms with E-state index in [0.717, 1.165) is 31.6 Å². The molecule has 0 unspecified atom stereocenters. The zero-order valence-electron chi connectivity index (χ0n) is 70.3. The van der Waals surface area contributed by atoms with Crippen molar-refractivity contribution in [2.75, 3.05) is 0 Å². The van der Waals surface area contributed by atoms with E-state index in [1.54, 1.807) is 11.1 Å². The van der Waals surface area contributed by atoms with Crippen molar-refractivity contribution in [2.45, 2.75) is 140 Å². The number of aromatic nitrogens is 4. The summed E-state index contributed by atoms with van der Waals surface area (Å²) in [5.41, 5.74) is 59.5. The van der Waals surface area contributed by atoms with Crippen molar-refractivity contribution in [2.24, 2.45) is 28.2 Å². The van der Waals surface area contributed by atoms with Crippen LogP contribution in [-0.4, -0.2) is 0 Å². The molecular formula is C111H108N4+4. The molecule has 1 saturated carbocycles. The van der Waals surface area contributed by atoms with Crippen LogP contribution >= 0.6 is 0 Å². The van der Waals surface area contributed by atoms with Gasteiger partial charge < -0.3 is 0 Å². The van der Waals surface area contributed by atoms with Gasteiger partial charge in [-0.25, -0.2) is 18.3 Å². The van der Waals surface area contributed by atoms with Crippen LogP contribution in [0.4, 0.5) is 0 Å². The van der Waals surface area contributed by atoms with Gasteiger partial charge in [-0.2, -0.15) is 0 Å². The summed E-state index contributed by atoms with van der Waals surface area (Å²) in [6.07, 6.45) is 18.6. The molecule has 4 aromatic heterocycles. The van der Waals surface area contributed by atoms with Crippen LogP contribution in [0.2, 0.25) is 0 Å². The van der Waals surface area contributed by atoms with E-state index in [4.69, 9.17) is 0 Å². The first kappa shape index (κ1) is 75.7. The van der Waals surface area contributed by atoms with Gasteiger partial charge in [0.25, 0.3) is 0 Å². The molecule has 4 heteroatoms. The minimum Gasteiger partial charge on any atom is -0.201 e. The van der Waals surface area contributed by atoms with Crippen LogP contribution in [0.5, 0.6) is 0 Å². The highest BCUT2D eigenvalue weighted by Gasteiger charge is 2.35. The molecule has 115 heavy (non-hydrogen) atoms. The van der Waals surface area contributed by atoms with E-state index in [1.807, 2.05) is 0 Å². The predicted octanol–water partition coefficient (Wildman–Crippen LogP) is 25.4. The zero-order chi connectivity index (χ0) is 79.8. The van der Waals surface area contributed by atoms with Gasteiger partial charge in [-0.1, -0.05) is 213 Å². The molecule has 20 rings (SSSR count). The lowest BCUT2D eigenvalue weighted by Crippen LogP contribution is -2.32. The standard InChI is InChI=1S/3C28H26N.C27H30N/c1-18-15-26(29(4)17-20(18)3)27-19(2)14-24(21-10-6-5-7-11-21)28-23-13-9-8-12-22(23)16-25(27)28;1-18-13-14-24-25(27(18)26-15-19(2)20(3)17-29(26)4)16-22-11-8-12-23(28(22)24)21-9-6-5-7-10-21;1-18-10-13-24-25-15-22(21-8-6-5-7-9-21)11-12-23(25)16-26(24)28(18)27-14-19(2)20(3)17-29(27)4;1-17-12-13-23-22-11-7-10-21(20-8-5-6-9-20)24(22)15-25(23)27(17)26-14-18(2)19(3)16-28(26)4/h3*5-15,17H,16H2,1-4H3;7,10-14,16,20H,5-6,8-9,15H2,1-4H3/q4*+1. The fraction of sp³-hybridized carbons (Fsp3) is 0.225. The largest absolute Gasteiger partial charge is 0.213 e. The smallest absolute Gasteiger partial charge is 0.201 e. The summed E-state index contributed by atoms with van der Waals surface area (Å²) in [7, 11) is 8.68. The van der Waals surface area contributed by atoms with E-state index < -0.39 is 0 Å². The third kappa shape index (κ3) is 14.0. The van der Waals surface area contributed by atoms with Crippen molar-refractivity contribution < 1.29 is 18.3 Å². The Morgan fingerprint density at radius 3 is 1.13 bits per heavy atom. The van der Waals surface area contributed by atoms with Crippen LogP contribution in [0.25, 0.3) is 123 Å². The lowest BCUT2D eigenvalue weighted by molar-refractivity contribution is -0.660. The molecule has 0 bridgehead atoms. The van der Waals surface area contributed by atoms with Crippen LogP contribution < -0.4 is 18.3 Å². The van der Waals surface area contributed by atoms with Crippen molar-refractivity contribution >= 4 is 0 Å². The van der Waals surface area contributed by atoms with Crippen molar-refractivity contribution in [3.8, 4) is 123 Å². The molecule has 1 fully saturated rings. The van der Waals surface area contributed by atoms with Gasteiger partial charge >= 0.3 is 0 Å². The highest BCUT2D eigenvalue weighted by Crippen LogP contribution is 2.52. The van der Waals surface area contributed by atoms with Gasteiger partial charge in [0.15, 0.2) is 24.8 Å². The van der Waals surface area contributed by atoms with Gasteiger partial charge in [0.2, 0.25) is 22.8 Å². The number of hydrogen-bond donors (Lipinski definition) is 0. The van der Waals surface area contributed by atoms with E-state index in [2.05, 4.69) is 391 Å². The van der Waals surface area contributed by atoms with Gasteiger partial charge in [0, 0.05) is 46.5 Å². The summed E-state index contributed by atoms with van der Waals surface area (Å²) in [5, 5.41) is 0. The maximum atomic E-state index is 2.41. The zero-order valence-corrected chi connectivity index (χ0v) is 70.3. The molecular weight excluding hydrogens is 1390 g/mol. The van der Waals surface area contributed by atoms with E-state index in [1.165, 1.54) is 254 Å². The maximum Gasteiger partial charge on any atom is 0.213 e. The predicted molar refractivity (Wildman–Crippen MR) is 480 cm³/mol. The molecule has 0 radical (unpaired) electrons. The van der Waals surface area contributed by atoms with Crippen LogP contribution in [-0.2, 0) is 53.9 Å². The van der Waals surface area contributed by atoms with Crippen molar-refractivity contribution in [3.63, 3.8) is 0 Å². The molecule has 568 valence electrons.